The summed E-state index contributed by atoms with van der Waals surface area (Å²) >= 11 is 0. The lowest BCUT2D eigenvalue weighted by atomic mass is 10.1. The van der Waals surface area contributed by atoms with Gasteiger partial charge in [-0.15, -0.1) is 0 Å². The molecule has 0 atom stereocenters. The monoisotopic (exact) mass is 304 g/mol. The van der Waals surface area contributed by atoms with Gasteiger partial charge in [-0.25, -0.2) is 0 Å². The van der Waals surface area contributed by atoms with Gasteiger partial charge in [-0.1, -0.05) is 18.9 Å². The van der Waals surface area contributed by atoms with E-state index in [2.05, 4.69) is 10.6 Å². The molecule has 0 bridgehead atoms. The fraction of sp³-hybridized carbons (Fsp3) is 0.438. The third-order valence-corrected chi connectivity index (χ3v) is 3.67. The zero-order chi connectivity index (χ0) is 15.9. The molecule has 2 rings (SSSR count). The van der Waals surface area contributed by atoms with E-state index in [1.54, 1.807) is 24.3 Å². The van der Waals surface area contributed by atoms with Gasteiger partial charge in [0, 0.05) is 18.3 Å². The normalized spacial score (nSPS) is 14.4. The number of carbonyl (C=O) groups is 3. The summed E-state index contributed by atoms with van der Waals surface area (Å²) < 4.78 is 5.03. The van der Waals surface area contributed by atoms with Crippen molar-refractivity contribution in [3.63, 3.8) is 0 Å². The van der Waals surface area contributed by atoms with Gasteiger partial charge >= 0.3 is 5.97 Å². The molecular formula is C16H20N2O4. The Morgan fingerprint density at radius 1 is 1.23 bits per heavy atom. The average molecular weight is 304 g/mol. The van der Waals surface area contributed by atoms with Gasteiger partial charge in [-0.2, -0.15) is 0 Å². The van der Waals surface area contributed by atoms with E-state index in [0.717, 1.165) is 25.7 Å². The first-order chi connectivity index (χ1) is 10.6. The summed E-state index contributed by atoms with van der Waals surface area (Å²) in [6, 6.07) is 6.55. The predicted molar refractivity (Wildman–Crippen MR) is 81.4 cm³/mol. The molecule has 6 heteroatoms. The van der Waals surface area contributed by atoms with E-state index >= 15 is 0 Å². The van der Waals surface area contributed by atoms with Crippen LogP contribution in [0.2, 0.25) is 0 Å². The number of amides is 2. The first-order valence-corrected chi connectivity index (χ1v) is 7.39. The van der Waals surface area contributed by atoms with Gasteiger partial charge in [0.2, 0.25) is 0 Å². The van der Waals surface area contributed by atoms with Gasteiger partial charge < -0.3 is 15.4 Å². The van der Waals surface area contributed by atoms with E-state index < -0.39 is 5.91 Å². The first-order valence-electron chi connectivity index (χ1n) is 7.39. The molecular weight excluding hydrogens is 284 g/mol. The molecule has 0 radical (unpaired) electrons. The summed E-state index contributed by atoms with van der Waals surface area (Å²) in [6.45, 7) is -0.306. The molecule has 0 spiro atoms. The quantitative estimate of drug-likeness (QED) is 0.811. The minimum Gasteiger partial charge on any atom is -0.455 e. The first kappa shape index (κ1) is 16.0. The van der Waals surface area contributed by atoms with E-state index in [1.807, 2.05) is 0 Å². The molecule has 1 aliphatic carbocycles. The van der Waals surface area contributed by atoms with Crippen LogP contribution in [-0.2, 0) is 14.3 Å². The third-order valence-electron chi connectivity index (χ3n) is 3.67. The summed E-state index contributed by atoms with van der Waals surface area (Å²) in [5.41, 5.74) is 0.936. The van der Waals surface area contributed by atoms with Crippen molar-refractivity contribution in [2.24, 2.45) is 5.92 Å². The third kappa shape index (κ3) is 4.31. The largest absolute Gasteiger partial charge is 0.455 e. The Balaban J connectivity index is 1.84. The van der Waals surface area contributed by atoms with Crippen LogP contribution in [-0.4, -0.2) is 31.4 Å². The second-order valence-electron chi connectivity index (χ2n) is 5.30. The second kappa shape index (κ2) is 7.59. The highest BCUT2D eigenvalue weighted by molar-refractivity contribution is 5.97. The van der Waals surface area contributed by atoms with E-state index in [1.165, 1.54) is 7.05 Å². The van der Waals surface area contributed by atoms with Crippen LogP contribution < -0.4 is 10.6 Å². The number of ether oxygens (including phenoxy) is 1. The summed E-state index contributed by atoms with van der Waals surface area (Å²) in [5.74, 6) is -1.01. The summed E-state index contributed by atoms with van der Waals surface area (Å²) in [7, 11) is 1.54. The lowest BCUT2D eigenvalue weighted by Gasteiger charge is -2.10. The van der Waals surface area contributed by atoms with Gasteiger partial charge in [0.1, 0.15) is 0 Å². The van der Waals surface area contributed by atoms with Crippen LogP contribution >= 0.6 is 0 Å². The molecule has 0 unspecified atom stereocenters. The highest BCUT2D eigenvalue weighted by Crippen LogP contribution is 2.25. The Labute approximate surface area is 129 Å². The number of esters is 1. The molecule has 6 nitrogen and oxygen atoms in total. The number of benzene rings is 1. The lowest BCUT2D eigenvalue weighted by molar-refractivity contribution is -0.151. The Hall–Kier alpha value is -2.37. The maximum Gasteiger partial charge on any atom is 0.309 e. The predicted octanol–water partition coefficient (Wildman–Crippen LogP) is 1.72. The summed E-state index contributed by atoms with van der Waals surface area (Å²) in [5, 5.41) is 5.12. The van der Waals surface area contributed by atoms with Crippen LogP contribution in [0.25, 0.3) is 0 Å². The van der Waals surface area contributed by atoms with Crippen molar-refractivity contribution in [3.8, 4) is 0 Å². The van der Waals surface area contributed by atoms with Crippen LogP contribution in [0.15, 0.2) is 24.3 Å². The molecule has 2 N–H and O–H groups in total. The van der Waals surface area contributed by atoms with Gasteiger partial charge in [-0.3, -0.25) is 14.4 Å². The molecule has 1 saturated carbocycles. The number of rotatable bonds is 5. The maximum absolute atomic E-state index is 11.8. The van der Waals surface area contributed by atoms with Crippen molar-refractivity contribution >= 4 is 23.5 Å². The van der Waals surface area contributed by atoms with Crippen molar-refractivity contribution in [2.75, 3.05) is 19.0 Å². The van der Waals surface area contributed by atoms with Crippen molar-refractivity contribution in [1.82, 2.24) is 5.32 Å². The molecule has 1 fully saturated rings. The molecule has 1 aliphatic rings. The van der Waals surface area contributed by atoms with E-state index in [4.69, 9.17) is 4.74 Å². The molecule has 0 aliphatic heterocycles. The smallest absolute Gasteiger partial charge is 0.309 e. The van der Waals surface area contributed by atoms with Crippen molar-refractivity contribution in [1.29, 1.82) is 0 Å². The number of nitrogens with one attached hydrogen (secondary N) is 2. The van der Waals surface area contributed by atoms with Crippen LogP contribution in [0.1, 0.15) is 36.0 Å². The standard InChI is InChI=1S/C16H20N2O4/c1-17-15(20)12-7-4-8-13(9-12)18-14(19)10-22-16(21)11-5-2-3-6-11/h4,7-9,11H,2-3,5-6,10H2,1H3,(H,17,20)(H,18,19). The Morgan fingerprint density at radius 3 is 2.64 bits per heavy atom. The van der Waals surface area contributed by atoms with E-state index in [-0.39, 0.29) is 24.4 Å². The number of hydrogen-bond acceptors (Lipinski definition) is 4. The highest BCUT2D eigenvalue weighted by Gasteiger charge is 2.24. The Morgan fingerprint density at radius 2 is 1.95 bits per heavy atom. The lowest BCUT2D eigenvalue weighted by Crippen LogP contribution is -2.24. The highest BCUT2D eigenvalue weighted by atomic mass is 16.5. The Bertz CT molecular complexity index is 565. The molecule has 118 valence electrons. The van der Waals surface area contributed by atoms with Crippen LogP contribution in [0.5, 0.6) is 0 Å². The number of hydrogen-bond donors (Lipinski definition) is 2. The fourth-order valence-electron chi connectivity index (χ4n) is 2.50. The Kier molecular flexibility index (Phi) is 5.52. The zero-order valence-electron chi connectivity index (χ0n) is 12.6. The molecule has 1 aromatic rings. The van der Waals surface area contributed by atoms with Crippen molar-refractivity contribution < 1.29 is 19.1 Å². The number of anilines is 1. The van der Waals surface area contributed by atoms with E-state index in [0.29, 0.717) is 11.3 Å². The zero-order valence-corrected chi connectivity index (χ0v) is 12.6. The van der Waals surface area contributed by atoms with E-state index in [9.17, 15) is 14.4 Å². The number of carbonyl (C=O) groups excluding carboxylic acids is 3. The molecule has 0 aromatic heterocycles. The van der Waals surface area contributed by atoms with Crippen LogP contribution in [0.3, 0.4) is 0 Å². The molecule has 1 aromatic carbocycles. The summed E-state index contributed by atoms with van der Waals surface area (Å²) in [6.07, 6.45) is 3.76. The fourth-order valence-corrected chi connectivity index (χ4v) is 2.50. The SMILES string of the molecule is CNC(=O)c1cccc(NC(=O)COC(=O)C2CCCC2)c1. The topological polar surface area (TPSA) is 84.5 Å². The van der Waals surface area contributed by atoms with Crippen LogP contribution in [0.4, 0.5) is 5.69 Å². The van der Waals surface area contributed by atoms with Gasteiger partial charge in [0.05, 0.1) is 5.92 Å². The minimum absolute atomic E-state index is 0.0654. The average Bonchev–Trinajstić information content (AvgIpc) is 3.06. The van der Waals surface area contributed by atoms with Gasteiger partial charge in [0.25, 0.3) is 11.8 Å². The van der Waals surface area contributed by atoms with Crippen molar-refractivity contribution in [3.05, 3.63) is 29.8 Å². The molecule has 0 heterocycles. The molecule has 2 amide bonds. The second-order valence-corrected chi connectivity index (χ2v) is 5.30. The molecule has 0 saturated heterocycles. The van der Waals surface area contributed by atoms with Crippen molar-refractivity contribution in [2.45, 2.75) is 25.7 Å². The van der Waals surface area contributed by atoms with Gasteiger partial charge in [-0.05, 0) is 31.0 Å². The minimum atomic E-state index is -0.416. The molecule has 22 heavy (non-hydrogen) atoms. The van der Waals surface area contributed by atoms with Crippen LogP contribution in [0, 0.1) is 5.92 Å². The summed E-state index contributed by atoms with van der Waals surface area (Å²) in [4.78, 5) is 35.0. The van der Waals surface area contributed by atoms with Gasteiger partial charge in [0.15, 0.2) is 6.61 Å². The maximum atomic E-state index is 11.8.